The Morgan fingerprint density at radius 2 is 2.07 bits per heavy atom. The number of rotatable bonds is 6. The molecule has 1 saturated heterocycles. The molecule has 2 heterocycles. The number of hydrogen-bond acceptors (Lipinski definition) is 5. The molecule has 1 aliphatic heterocycles. The van der Waals surface area contributed by atoms with E-state index in [1.165, 1.54) is 6.33 Å². The summed E-state index contributed by atoms with van der Waals surface area (Å²) in [7, 11) is 0. The lowest BCUT2D eigenvalue weighted by atomic mass is 10.2. The third kappa shape index (κ3) is 4.58. The number of hydrogen-bond donors (Lipinski definition) is 1. The van der Waals surface area contributed by atoms with Gasteiger partial charge in [0.25, 0.3) is 11.8 Å². The molecule has 1 atom stereocenters. The van der Waals surface area contributed by atoms with Crippen LogP contribution in [0.25, 0.3) is 0 Å². The van der Waals surface area contributed by atoms with Crippen molar-refractivity contribution in [3.05, 3.63) is 53.7 Å². The van der Waals surface area contributed by atoms with Crippen LogP contribution in [0.5, 0.6) is 5.88 Å². The first-order chi connectivity index (χ1) is 13.1. The van der Waals surface area contributed by atoms with Gasteiger partial charge in [0, 0.05) is 18.5 Å². The maximum Gasteiger partial charge on any atom is 0.254 e. The van der Waals surface area contributed by atoms with Gasteiger partial charge in [-0.2, -0.15) is 9.37 Å². The van der Waals surface area contributed by atoms with Crippen LogP contribution in [-0.2, 0) is 11.2 Å². The largest absolute Gasteiger partial charge is 0.470 e. The van der Waals surface area contributed by atoms with Crippen LogP contribution in [0.3, 0.4) is 0 Å². The molecule has 1 aromatic carbocycles. The van der Waals surface area contributed by atoms with E-state index in [1.54, 1.807) is 36.1 Å². The fraction of sp³-hybridized carbons (Fsp3) is 0.368. The summed E-state index contributed by atoms with van der Waals surface area (Å²) in [5.41, 5.74) is 0.799. The molecule has 7 nitrogen and oxygen atoms in total. The van der Waals surface area contributed by atoms with Crippen LogP contribution >= 0.6 is 0 Å². The molecule has 0 radical (unpaired) electrons. The van der Waals surface area contributed by atoms with Crippen molar-refractivity contribution in [2.75, 3.05) is 19.6 Å². The Balaban J connectivity index is 1.50. The van der Waals surface area contributed by atoms with Crippen molar-refractivity contribution in [2.24, 2.45) is 0 Å². The molecule has 2 aromatic rings. The number of ether oxygens (including phenoxy) is 1. The second-order valence-corrected chi connectivity index (χ2v) is 6.21. The Morgan fingerprint density at radius 1 is 1.30 bits per heavy atom. The van der Waals surface area contributed by atoms with Gasteiger partial charge in [0.1, 0.15) is 12.4 Å². The molecule has 1 fully saturated rings. The molecule has 1 N–H and O–H groups in total. The Morgan fingerprint density at radius 3 is 2.81 bits per heavy atom. The van der Waals surface area contributed by atoms with Gasteiger partial charge >= 0.3 is 0 Å². The second kappa shape index (κ2) is 8.57. The van der Waals surface area contributed by atoms with Crippen LogP contribution in [-0.4, -0.2) is 52.4 Å². The first-order valence-electron chi connectivity index (χ1n) is 8.85. The normalized spacial score (nSPS) is 16.2. The van der Waals surface area contributed by atoms with Crippen LogP contribution in [0.4, 0.5) is 4.39 Å². The minimum Gasteiger partial charge on any atom is -0.470 e. The third-order valence-corrected chi connectivity index (χ3v) is 4.38. The molecule has 0 bridgehead atoms. The molecule has 1 aliphatic rings. The molecular weight excluding hydrogens is 351 g/mol. The zero-order valence-electron chi connectivity index (χ0n) is 15.0. The number of carbonyl (C=O) groups is 2. The lowest BCUT2D eigenvalue weighted by Crippen LogP contribution is -2.39. The molecule has 0 spiro atoms. The minimum absolute atomic E-state index is 0.0847. The summed E-state index contributed by atoms with van der Waals surface area (Å²) in [6.45, 7) is 2.51. The SMILES string of the molecule is CCc1ncnc(O[C@H]2CCN(C(=O)CNC(=O)c3ccccc3)C2)c1F. The highest BCUT2D eigenvalue weighted by molar-refractivity contribution is 5.96. The smallest absolute Gasteiger partial charge is 0.254 e. The van der Waals surface area contributed by atoms with E-state index in [1.807, 2.05) is 6.07 Å². The summed E-state index contributed by atoms with van der Waals surface area (Å²) in [5, 5.41) is 2.61. The number of aryl methyl sites for hydroxylation is 1. The minimum atomic E-state index is -0.556. The summed E-state index contributed by atoms with van der Waals surface area (Å²) in [5.74, 6) is -1.15. The van der Waals surface area contributed by atoms with Crippen LogP contribution < -0.4 is 10.1 Å². The number of benzene rings is 1. The summed E-state index contributed by atoms with van der Waals surface area (Å²) in [6, 6.07) is 8.70. The lowest BCUT2D eigenvalue weighted by molar-refractivity contribution is -0.129. The molecule has 0 aliphatic carbocycles. The van der Waals surface area contributed by atoms with E-state index < -0.39 is 5.82 Å². The Hall–Kier alpha value is -3.03. The average Bonchev–Trinajstić information content (AvgIpc) is 3.17. The second-order valence-electron chi connectivity index (χ2n) is 6.21. The van der Waals surface area contributed by atoms with E-state index in [0.29, 0.717) is 37.2 Å². The number of nitrogens with zero attached hydrogens (tertiary/aromatic N) is 3. The van der Waals surface area contributed by atoms with E-state index in [4.69, 9.17) is 4.74 Å². The highest BCUT2D eigenvalue weighted by Crippen LogP contribution is 2.21. The van der Waals surface area contributed by atoms with Gasteiger partial charge in [-0.1, -0.05) is 25.1 Å². The van der Waals surface area contributed by atoms with Crippen LogP contribution in [0, 0.1) is 5.82 Å². The summed E-state index contributed by atoms with van der Waals surface area (Å²) < 4.78 is 19.8. The van der Waals surface area contributed by atoms with Gasteiger partial charge in [-0.3, -0.25) is 9.59 Å². The molecule has 0 unspecified atom stereocenters. The van der Waals surface area contributed by atoms with Gasteiger partial charge in [0.2, 0.25) is 11.7 Å². The highest BCUT2D eigenvalue weighted by Gasteiger charge is 2.29. The average molecular weight is 372 g/mol. The molecule has 142 valence electrons. The van der Waals surface area contributed by atoms with Crippen molar-refractivity contribution in [3.63, 3.8) is 0 Å². The van der Waals surface area contributed by atoms with E-state index in [2.05, 4.69) is 15.3 Å². The number of likely N-dealkylation sites (tertiary alicyclic amines) is 1. The van der Waals surface area contributed by atoms with E-state index in [0.717, 1.165) is 0 Å². The van der Waals surface area contributed by atoms with Crippen molar-refractivity contribution in [1.82, 2.24) is 20.2 Å². The van der Waals surface area contributed by atoms with Crippen LogP contribution in [0.1, 0.15) is 29.4 Å². The van der Waals surface area contributed by atoms with Crippen molar-refractivity contribution in [1.29, 1.82) is 0 Å². The predicted molar refractivity (Wildman–Crippen MR) is 95.8 cm³/mol. The third-order valence-electron chi connectivity index (χ3n) is 4.38. The van der Waals surface area contributed by atoms with Crippen molar-refractivity contribution in [2.45, 2.75) is 25.9 Å². The monoisotopic (exact) mass is 372 g/mol. The molecule has 8 heteroatoms. The molecule has 1 aromatic heterocycles. The fourth-order valence-electron chi connectivity index (χ4n) is 2.88. The maximum absolute atomic E-state index is 14.2. The number of carbonyl (C=O) groups excluding carboxylic acids is 2. The summed E-state index contributed by atoms with van der Waals surface area (Å²) in [6.07, 6.45) is 1.95. The van der Waals surface area contributed by atoms with Crippen LogP contribution in [0.2, 0.25) is 0 Å². The highest BCUT2D eigenvalue weighted by atomic mass is 19.1. The van der Waals surface area contributed by atoms with Crippen molar-refractivity contribution >= 4 is 11.8 Å². The van der Waals surface area contributed by atoms with E-state index in [9.17, 15) is 14.0 Å². The van der Waals surface area contributed by atoms with Gasteiger partial charge in [-0.25, -0.2) is 4.98 Å². The number of amides is 2. The predicted octanol–water partition coefficient (Wildman–Crippen LogP) is 1.59. The summed E-state index contributed by atoms with van der Waals surface area (Å²) >= 11 is 0. The first-order valence-corrected chi connectivity index (χ1v) is 8.85. The van der Waals surface area contributed by atoms with Gasteiger partial charge in [-0.15, -0.1) is 0 Å². The molecular formula is C19H21FN4O3. The quantitative estimate of drug-likeness (QED) is 0.832. The van der Waals surface area contributed by atoms with Crippen LogP contribution in [0.15, 0.2) is 36.7 Å². The number of aromatic nitrogens is 2. The van der Waals surface area contributed by atoms with Gasteiger partial charge in [0.15, 0.2) is 0 Å². The van der Waals surface area contributed by atoms with Gasteiger partial charge in [0.05, 0.1) is 18.8 Å². The van der Waals surface area contributed by atoms with E-state index in [-0.39, 0.29) is 30.3 Å². The fourth-order valence-corrected chi connectivity index (χ4v) is 2.88. The summed E-state index contributed by atoms with van der Waals surface area (Å²) in [4.78, 5) is 33.6. The molecule has 3 rings (SSSR count). The van der Waals surface area contributed by atoms with E-state index >= 15 is 0 Å². The number of nitrogens with one attached hydrogen (secondary N) is 1. The number of halogens is 1. The van der Waals surface area contributed by atoms with Crippen molar-refractivity contribution < 1.29 is 18.7 Å². The zero-order valence-corrected chi connectivity index (χ0v) is 15.0. The maximum atomic E-state index is 14.2. The van der Waals surface area contributed by atoms with Gasteiger partial charge in [-0.05, 0) is 18.6 Å². The topological polar surface area (TPSA) is 84.4 Å². The molecule has 27 heavy (non-hydrogen) atoms. The molecule has 2 amide bonds. The molecule has 0 saturated carbocycles. The zero-order chi connectivity index (χ0) is 19.2. The standard InChI is InChI=1S/C19H21FN4O3/c1-2-15-17(20)19(23-12-22-15)27-14-8-9-24(11-14)16(25)10-21-18(26)13-6-4-3-5-7-13/h3-7,12,14H,2,8-11H2,1H3,(H,21,26)/t14-/m0/s1. The Kier molecular flexibility index (Phi) is 5.95. The lowest BCUT2D eigenvalue weighted by Gasteiger charge is -2.17. The Bertz CT molecular complexity index is 816. The van der Waals surface area contributed by atoms with Gasteiger partial charge < -0.3 is 15.0 Å². The van der Waals surface area contributed by atoms with Crippen molar-refractivity contribution in [3.8, 4) is 5.88 Å². The Labute approximate surface area is 156 Å². The first kappa shape index (κ1) is 18.8.